The van der Waals surface area contributed by atoms with Crippen molar-refractivity contribution in [2.75, 3.05) is 31.3 Å². The van der Waals surface area contributed by atoms with Gasteiger partial charge in [-0.05, 0) is 24.8 Å². The molecule has 0 spiro atoms. The summed E-state index contributed by atoms with van der Waals surface area (Å²) in [7, 11) is -3.67. The second kappa shape index (κ2) is 6.36. The van der Waals surface area contributed by atoms with Gasteiger partial charge in [-0.1, -0.05) is 0 Å². The quantitative estimate of drug-likeness (QED) is 0.829. The van der Waals surface area contributed by atoms with Crippen LogP contribution in [-0.4, -0.2) is 39.4 Å². The second-order valence-electron chi connectivity index (χ2n) is 4.70. The molecule has 1 aliphatic rings. The van der Waals surface area contributed by atoms with Gasteiger partial charge in [-0.3, -0.25) is 0 Å². The molecule has 0 aliphatic carbocycles. The molecule has 0 atom stereocenters. The standard InChI is InChI=1S/C12H17FN2O4S/c1-20(16,17)19-11-3-2-10(13)12(15-11)14-8-9-4-6-18-7-5-9/h2-3,9H,4-8H2,1H3,(H,14,15). The number of pyridine rings is 1. The lowest BCUT2D eigenvalue weighted by atomic mass is 10.0. The minimum absolute atomic E-state index is 0.00218. The van der Waals surface area contributed by atoms with Crippen LogP contribution >= 0.6 is 0 Å². The van der Waals surface area contributed by atoms with E-state index in [1.165, 1.54) is 6.07 Å². The minimum atomic E-state index is -3.67. The zero-order valence-corrected chi connectivity index (χ0v) is 12.0. The number of ether oxygens (including phenoxy) is 1. The third-order valence-electron chi connectivity index (χ3n) is 2.96. The summed E-state index contributed by atoms with van der Waals surface area (Å²) >= 11 is 0. The first-order valence-corrected chi connectivity index (χ1v) is 8.13. The predicted octanol–water partition coefficient (Wildman–Crippen LogP) is 1.40. The average Bonchev–Trinajstić information content (AvgIpc) is 2.39. The fourth-order valence-corrected chi connectivity index (χ4v) is 2.34. The van der Waals surface area contributed by atoms with Crippen molar-refractivity contribution < 1.29 is 21.7 Å². The van der Waals surface area contributed by atoms with E-state index in [1.54, 1.807) is 0 Å². The molecule has 2 heterocycles. The Morgan fingerprint density at radius 2 is 2.15 bits per heavy atom. The fourth-order valence-electron chi connectivity index (χ4n) is 1.94. The highest BCUT2D eigenvalue weighted by Gasteiger charge is 2.15. The summed E-state index contributed by atoms with van der Waals surface area (Å²) in [6.07, 6.45) is 2.73. The maximum Gasteiger partial charge on any atom is 0.307 e. The Morgan fingerprint density at radius 3 is 2.80 bits per heavy atom. The summed E-state index contributed by atoms with van der Waals surface area (Å²) in [6.45, 7) is 1.98. The van der Waals surface area contributed by atoms with Crippen molar-refractivity contribution in [3.8, 4) is 5.88 Å². The van der Waals surface area contributed by atoms with E-state index in [0.717, 1.165) is 25.2 Å². The van der Waals surface area contributed by atoms with E-state index in [1.807, 2.05) is 0 Å². The zero-order chi connectivity index (χ0) is 14.6. The van der Waals surface area contributed by atoms with Crippen molar-refractivity contribution in [2.45, 2.75) is 12.8 Å². The Bertz CT molecular complexity index is 559. The van der Waals surface area contributed by atoms with Crippen molar-refractivity contribution >= 4 is 15.9 Å². The maximum absolute atomic E-state index is 13.6. The largest absolute Gasteiger partial charge is 0.381 e. The molecule has 0 amide bonds. The molecule has 6 nitrogen and oxygen atoms in total. The van der Waals surface area contributed by atoms with Crippen LogP contribution in [0, 0.1) is 11.7 Å². The van der Waals surface area contributed by atoms with Gasteiger partial charge in [-0.2, -0.15) is 13.4 Å². The molecule has 1 saturated heterocycles. The molecule has 0 bridgehead atoms. The van der Waals surface area contributed by atoms with Crippen LogP contribution in [0.2, 0.25) is 0 Å². The topological polar surface area (TPSA) is 77.5 Å². The van der Waals surface area contributed by atoms with E-state index >= 15 is 0 Å². The lowest BCUT2D eigenvalue weighted by molar-refractivity contribution is 0.0699. The van der Waals surface area contributed by atoms with Crippen LogP contribution in [0.25, 0.3) is 0 Å². The fraction of sp³-hybridized carbons (Fsp3) is 0.583. The smallest absolute Gasteiger partial charge is 0.307 e. The molecule has 8 heteroatoms. The number of halogens is 1. The van der Waals surface area contributed by atoms with Gasteiger partial charge in [0.05, 0.1) is 6.26 Å². The SMILES string of the molecule is CS(=O)(=O)Oc1ccc(F)c(NCC2CCOCC2)n1. The summed E-state index contributed by atoms with van der Waals surface area (Å²) in [5.41, 5.74) is 0. The molecule has 1 fully saturated rings. The van der Waals surface area contributed by atoms with Gasteiger partial charge in [0.1, 0.15) is 0 Å². The molecule has 0 radical (unpaired) electrons. The van der Waals surface area contributed by atoms with Gasteiger partial charge in [-0.25, -0.2) is 4.39 Å². The third-order valence-corrected chi connectivity index (χ3v) is 3.43. The van der Waals surface area contributed by atoms with Crippen LogP contribution in [-0.2, 0) is 14.9 Å². The van der Waals surface area contributed by atoms with Crippen molar-refractivity contribution in [1.82, 2.24) is 4.98 Å². The van der Waals surface area contributed by atoms with E-state index in [9.17, 15) is 12.8 Å². The summed E-state index contributed by atoms with van der Waals surface area (Å²) in [5.74, 6) is -0.302. The van der Waals surface area contributed by atoms with Crippen molar-refractivity contribution in [2.24, 2.45) is 5.92 Å². The van der Waals surface area contributed by atoms with E-state index in [2.05, 4.69) is 14.5 Å². The van der Waals surface area contributed by atoms with Crippen LogP contribution in [0.5, 0.6) is 5.88 Å². The van der Waals surface area contributed by atoms with Gasteiger partial charge < -0.3 is 14.2 Å². The number of nitrogens with one attached hydrogen (secondary N) is 1. The summed E-state index contributed by atoms with van der Waals surface area (Å²) in [5, 5.41) is 2.89. The summed E-state index contributed by atoms with van der Waals surface area (Å²) in [4.78, 5) is 3.82. The Hall–Kier alpha value is -1.41. The van der Waals surface area contributed by atoms with Crippen LogP contribution in [0.15, 0.2) is 12.1 Å². The van der Waals surface area contributed by atoms with Gasteiger partial charge in [-0.15, -0.1) is 0 Å². The predicted molar refractivity (Wildman–Crippen MR) is 71.7 cm³/mol. The number of hydrogen-bond acceptors (Lipinski definition) is 6. The Balaban J connectivity index is 2.00. The number of hydrogen-bond donors (Lipinski definition) is 1. The molecule has 1 aliphatic heterocycles. The number of anilines is 1. The molecule has 1 N–H and O–H groups in total. The highest BCUT2D eigenvalue weighted by molar-refractivity contribution is 7.86. The lowest BCUT2D eigenvalue weighted by Gasteiger charge is -2.22. The first kappa shape index (κ1) is 15.0. The number of rotatable bonds is 5. The molecule has 112 valence electrons. The summed E-state index contributed by atoms with van der Waals surface area (Å²) < 4.78 is 45.5. The highest BCUT2D eigenvalue weighted by Crippen LogP contribution is 2.20. The van der Waals surface area contributed by atoms with Crippen molar-refractivity contribution in [1.29, 1.82) is 0 Å². The Kier molecular flexibility index (Phi) is 4.77. The van der Waals surface area contributed by atoms with Gasteiger partial charge in [0, 0.05) is 25.8 Å². The lowest BCUT2D eigenvalue weighted by Crippen LogP contribution is -2.23. The van der Waals surface area contributed by atoms with Crippen LogP contribution in [0.3, 0.4) is 0 Å². The van der Waals surface area contributed by atoms with Gasteiger partial charge >= 0.3 is 10.1 Å². The zero-order valence-electron chi connectivity index (χ0n) is 11.1. The van der Waals surface area contributed by atoms with E-state index in [4.69, 9.17) is 4.74 Å². The van der Waals surface area contributed by atoms with Crippen LogP contribution in [0.4, 0.5) is 10.2 Å². The van der Waals surface area contributed by atoms with Gasteiger partial charge in [0.15, 0.2) is 11.6 Å². The van der Waals surface area contributed by atoms with E-state index < -0.39 is 15.9 Å². The molecule has 2 rings (SSSR count). The second-order valence-corrected chi connectivity index (χ2v) is 6.28. The minimum Gasteiger partial charge on any atom is -0.381 e. The Morgan fingerprint density at radius 1 is 1.45 bits per heavy atom. The number of aromatic nitrogens is 1. The molecule has 1 aromatic heterocycles. The highest BCUT2D eigenvalue weighted by atomic mass is 32.2. The first-order valence-electron chi connectivity index (χ1n) is 6.31. The van der Waals surface area contributed by atoms with Crippen LogP contribution in [0.1, 0.15) is 12.8 Å². The Labute approximate surface area is 117 Å². The number of nitrogens with zero attached hydrogens (tertiary/aromatic N) is 1. The first-order chi connectivity index (χ1) is 9.44. The summed E-state index contributed by atoms with van der Waals surface area (Å²) in [6, 6.07) is 2.30. The molecular formula is C12H17FN2O4S. The van der Waals surface area contributed by atoms with Crippen LogP contribution < -0.4 is 9.50 Å². The molecule has 0 saturated carbocycles. The third kappa shape index (κ3) is 4.61. The van der Waals surface area contributed by atoms with Gasteiger partial charge in [0.2, 0.25) is 5.88 Å². The molecule has 20 heavy (non-hydrogen) atoms. The van der Waals surface area contributed by atoms with Crippen molar-refractivity contribution in [3.63, 3.8) is 0 Å². The molecule has 1 aromatic rings. The maximum atomic E-state index is 13.6. The molecule has 0 unspecified atom stereocenters. The van der Waals surface area contributed by atoms with E-state index in [0.29, 0.717) is 25.7 Å². The van der Waals surface area contributed by atoms with Crippen molar-refractivity contribution in [3.05, 3.63) is 17.9 Å². The average molecular weight is 304 g/mol. The van der Waals surface area contributed by atoms with E-state index in [-0.39, 0.29) is 11.7 Å². The molecule has 0 aromatic carbocycles. The molecular weight excluding hydrogens is 287 g/mol. The normalized spacial score (nSPS) is 16.9. The monoisotopic (exact) mass is 304 g/mol. The van der Waals surface area contributed by atoms with Gasteiger partial charge in [0.25, 0.3) is 0 Å².